The smallest absolute Gasteiger partial charge is 0.151 e. The highest BCUT2D eigenvalue weighted by atomic mass is 16.5. The first-order valence-electron chi connectivity index (χ1n) is 13.4. The van der Waals surface area contributed by atoms with Crippen molar-refractivity contribution in [3.8, 4) is 45.0 Å². The Morgan fingerprint density at radius 1 is 0.525 bits per heavy atom. The van der Waals surface area contributed by atoms with Crippen LogP contribution in [-0.2, 0) is 0 Å². The number of fused-ring (bicyclic) bond motifs is 2. The molecule has 0 saturated heterocycles. The second-order valence-corrected chi connectivity index (χ2v) is 10.1. The number of ether oxygens (including phenoxy) is 1. The van der Waals surface area contributed by atoms with Gasteiger partial charge in [-0.15, -0.1) is 0 Å². The Balaban J connectivity index is 1.31. The highest BCUT2D eigenvalue weighted by Crippen LogP contribution is 2.50. The fourth-order valence-corrected chi connectivity index (χ4v) is 5.61. The van der Waals surface area contributed by atoms with Crippen molar-refractivity contribution in [3.63, 3.8) is 0 Å². The number of benzene rings is 4. The summed E-state index contributed by atoms with van der Waals surface area (Å²) in [5, 5.41) is 0. The number of aryl methyl sites for hydroxylation is 2. The number of rotatable bonds is 4. The predicted octanol–water partition coefficient (Wildman–Crippen LogP) is 9.67. The lowest BCUT2D eigenvalue weighted by atomic mass is 9.91. The molecular weight excluding hydrogens is 490 g/mol. The molecular formula is C36H27N3O. The number of pyridine rings is 2. The van der Waals surface area contributed by atoms with Gasteiger partial charge in [-0.2, -0.15) is 0 Å². The molecule has 0 N–H and O–H groups in total. The summed E-state index contributed by atoms with van der Waals surface area (Å²) in [4.78, 5) is 11.6. The molecule has 4 nitrogen and oxygen atoms in total. The SMILES string of the molecule is Cc1cc(-c2ccccc2)cc(C)c1-c1ccnc(-c2ccc3c(c2)N(c2ccccn2)c2ccccc2O3)c1. The van der Waals surface area contributed by atoms with E-state index in [1.165, 1.54) is 27.8 Å². The van der Waals surface area contributed by atoms with E-state index in [1.54, 1.807) is 0 Å². The van der Waals surface area contributed by atoms with E-state index in [4.69, 9.17) is 9.72 Å². The lowest BCUT2D eigenvalue weighted by Gasteiger charge is -2.32. The van der Waals surface area contributed by atoms with Crippen molar-refractivity contribution in [1.82, 2.24) is 9.97 Å². The molecule has 4 heteroatoms. The number of para-hydroxylation sites is 2. The van der Waals surface area contributed by atoms with Crippen molar-refractivity contribution in [2.75, 3.05) is 4.90 Å². The zero-order valence-electron chi connectivity index (χ0n) is 22.4. The maximum absolute atomic E-state index is 6.30. The van der Waals surface area contributed by atoms with Gasteiger partial charge in [0.25, 0.3) is 0 Å². The van der Waals surface area contributed by atoms with Gasteiger partial charge in [0.15, 0.2) is 11.5 Å². The molecule has 1 aliphatic rings. The summed E-state index contributed by atoms with van der Waals surface area (Å²) in [6.45, 7) is 4.38. The van der Waals surface area contributed by atoms with Gasteiger partial charge in [-0.05, 0) is 102 Å². The van der Waals surface area contributed by atoms with Gasteiger partial charge in [-0.25, -0.2) is 4.98 Å². The summed E-state index contributed by atoms with van der Waals surface area (Å²) in [6, 6.07) is 39.6. The molecule has 0 atom stereocenters. The van der Waals surface area contributed by atoms with E-state index < -0.39 is 0 Å². The molecule has 0 aliphatic carbocycles. The topological polar surface area (TPSA) is 38.2 Å². The number of aromatic nitrogens is 2. The summed E-state index contributed by atoms with van der Waals surface area (Å²) in [5.41, 5.74) is 11.2. The Labute approximate surface area is 234 Å². The number of nitrogens with zero attached hydrogens (tertiary/aromatic N) is 3. The van der Waals surface area contributed by atoms with Gasteiger partial charge in [0.2, 0.25) is 0 Å². The van der Waals surface area contributed by atoms with Crippen LogP contribution in [0.5, 0.6) is 11.5 Å². The van der Waals surface area contributed by atoms with Crippen molar-refractivity contribution in [2.45, 2.75) is 13.8 Å². The van der Waals surface area contributed by atoms with Crippen LogP contribution in [0.25, 0.3) is 33.5 Å². The third-order valence-corrected chi connectivity index (χ3v) is 7.39. The second-order valence-electron chi connectivity index (χ2n) is 10.1. The van der Waals surface area contributed by atoms with Crippen LogP contribution in [0.15, 0.2) is 128 Å². The monoisotopic (exact) mass is 517 g/mol. The average molecular weight is 518 g/mol. The van der Waals surface area contributed by atoms with Crippen LogP contribution < -0.4 is 9.64 Å². The van der Waals surface area contributed by atoms with Crippen LogP contribution in [0.4, 0.5) is 17.2 Å². The molecule has 0 unspecified atom stereocenters. The van der Waals surface area contributed by atoms with Gasteiger partial charge in [-0.1, -0.05) is 60.7 Å². The predicted molar refractivity (Wildman–Crippen MR) is 163 cm³/mol. The Morgan fingerprint density at radius 2 is 1.27 bits per heavy atom. The molecule has 2 aromatic heterocycles. The van der Waals surface area contributed by atoms with Crippen LogP contribution in [0.1, 0.15) is 11.1 Å². The maximum atomic E-state index is 6.30. The molecule has 0 radical (unpaired) electrons. The molecule has 0 bridgehead atoms. The van der Waals surface area contributed by atoms with E-state index >= 15 is 0 Å². The van der Waals surface area contributed by atoms with Crippen LogP contribution in [0, 0.1) is 13.8 Å². The molecule has 0 amide bonds. The summed E-state index contributed by atoms with van der Waals surface area (Å²) in [6.07, 6.45) is 3.71. The van der Waals surface area contributed by atoms with Crippen LogP contribution in [-0.4, -0.2) is 9.97 Å². The largest absolute Gasteiger partial charge is 0.453 e. The van der Waals surface area contributed by atoms with Gasteiger partial charge in [0.1, 0.15) is 5.82 Å². The lowest BCUT2D eigenvalue weighted by Crippen LogP contribution is -2.16. The van der Waals surface area contributed by atoms with E-state index in [0.717, 1.165) is 45.5 Å². The van der Waals surface area contributed by atoms with Crippen molar-refractivity contribution in [2.24, 2.45) is 0 Å². The van der Waals surface area contributed by atoms with Crippen molar-refractivity contribution >= 4 is 17.2 Å². The molecule has 7 rings (SSSR count). The Morgan fingerprint density at radius 3 is 2.08 bits per heavy atom. The quantitative estimate of drug-likeness (QED) is 0.233. The van der Waals surface area contributed by atoms with E-state index in [9.17, 15) is 0 Å². The summed E-state index contributed by atoms with van der Waals surface area (Å²) in [7, 11) is 0. The molecule has 40 heavy (non-hydrogen) atoms. The number of hydrogen-bond donors (Lipinski definition) is 0. The molecule has 0 spiro atoms. The normalized spacial score (nSPS) is 11.9. The van der Waals surface area contributed by atoms with Crippen LogP contribution >= 0.6 is 0 Å². The fraction of sp³-hybridized carbons (Fsp3) is 0.0556. The fourth-order valence-electron chi connectivity index (χ4n) is 5.61. The van der Waals surface area contributed by atoms with Crippen LogP contribution in [0.2, 0.25) is 0 Å². The third kappa shape index (κ3) is 4.20. The van der Waals surface area contributed by atoms with E-state index in [0.29, 0.717) is 0 Å². The molecule has 1 aliphatic heterocycles. The Hall–Kier alpha value is -5.22. The summed E-state index contributed by atoms with van der Waals surface area (Å²) in [5.74, 6) is 2.42. The Kier molecular flexibility index (Phi) is 5.86. The lowest BCUT2D eigenvalue weighted by molar-refractivity contribution is 0.477. The van der Waals surface area contributed by atoms with Gasteiger partial charge < -0.3 is 4.74 Å². The molecule has 4 aromatic carbocycles. The van der Waals surface area contributed by atoms with Gasteiger partial charge in [0.05, 0.1) is 17.1 Å². The minimum atomic E-state index is 0.785. The first-order valence-corrected chi connectivity index (χ1v) is 13.4. The average Bonchev–Trinajstić information content (AvgIpc) is 3.00. The highest BCUT2D eigenvalue weighted by Gasteiger charge is 2.27. The Bertz CT molecular complexity index is 1830. The van der Waals surface area contributed by atoms with Crippen molar-refractivity contribution < 1.29 is 4.74 Å². The molecule has 192 valence electrons. The molecule has 0 fully saturated rings. The summed E-state index contributed by atoms with van der Waals surface area (Å²) < 4.78 is 6.30. The van der Waals surface area contributed by atoms with Gasteiger partial charge >= 0.3 is 0 Å². The zero-order chi connectivity index (χ0) is 27.1. The first kappa shape index (κ1) is 23.9. The van der Waals surface area contributed by atoms with E-state index in [1.807, 2.05) is 54.9 Å². The standard InChI is InChI=1S/C36H27N3O/c1-24-20-29(26-10-4-3-5-11-26)21-25(2)36(24)28-17-19-37-30(22-28)27-15-16-34-32(23-27)39(35-14-8-9-18-38-35)31-12-6-7-13-33(31)40-34/h3-23H,1-2H3. The van der Waals surface area contributed by atoms with Crippen molar-refractivity contribution in [3.05, 3.63) is 139 Å². The minimum Gasteiger partial charge on any atom is -0.453 e. The van der Waals surface area contributed by atoms with Crippen LogP contribution in [0.3, 0.4) is 0 Å². The highest BCUT2D eigenvalue weighted by molar-refractivity contribution is 5.87. The van der Waals surface area contributed by atoms with Gasteiger partial charge in [-0.3, -0.25) is 9.88 Å². The maximum Gasteiger partial charge on any atom is 0.151 e. The molecule has 3 heterocycles. The molecule has 0 saturated carbocycles. The van der Waals surface area contributed by atoms with E-state index in [-0.39, 0.29) is 0 Å². The minimum absolute atomic E-state index is 0.785. The molecule has 6 aromatic rings. The first-order chi connectivity index (χ1) is 19.7. The third-order valence-electron chi connectivity index (χ3n) is 7.39. The zero-order valence-corrected chi connectivity index (χ0v) is 22.4. The van der Waals surface area contributed by atoms with Crippen molar-refractivity contribution in [1.29, 1.82) is 0 Å². The number of anilines is 3. The summed E-state index contributed by atoms with van der Waals surface area (Å²) >= 11 is 0. The van der Waals surface area contributed by atoms with Gasteiger partial charge in [0, 0.05) is 18.0 Å². The second kappa shape index (κ2) is 9.83. The number of hydrogen-bond acceptors (Lipinski definition) is 4. The van der Waals surface area contributed by atoms with E-state index in [2.05, 4.69) is 96.5 Å².